The fourth-order valence-electron chi connectivity index (χ4n) is 1.81. The van der Waals surface area contributed by atoms with Gasteiger partial charge in [-0.2, -0.15) is 11.8 Å². The van der Waals surface area contributed by atoms with E-state index in [1.165, 1.54) is 0 Å². The van der Waals surface area contributed by atoms with Crippen LogP contribution in [0, 0.1) is 0 Å². The molecule has 2 heterocycles. The fourth-order valence-corrected chi connectivity index (χ4v) is 2.23. The Balaban J connectivity index is 2.40. The quantitative estimate of drug-likeness (QED) is 0.799. The van der Waals surface area contributed by atoms with Gasteiger partial charge in [0.2, 0.25) is 0 Å². The maximum Gasteiger partial charge on any atom is 0.358 e. The van der Waals surface area contributed by atoms with Crippen LogP contribution in [0.1, 0.15) is 16.9 Å². The molecule has 0 saturated heterocycles. The molecule has 8 heteroatoms. The Morgan fingerprint density at radius 1 is 1.53 bits per heavy atom. The van der Waals surface area contributed by atoms with Crippen LogP contribution < -0.4 is 0 Å². The number of rotatable bonds is 6. The van der Waals surface area contributed by atoms with Gasteiger partial charge < -0.3 is 9.67 Å². The van der Waals surface area contributed by atoms with Crippen molar-refractivity contribution in [3.63, 3.8) is 0 Å². The predicted molar refractivity (Wildman–Crippen MR) is 72.2 cm³/mol. The molecule has 0 amide bonds. The summed E-state index contributed by atoms with van der Waals surface area (Å²) in [5.41, 5.74) is 1.17. The molecule has 0 atom stereocenters. The third-order valence-electron chi connectivity index (χ3n) is 2.72. The van der Waals surface area contributed by atoms with Crippen LogP contribution in [0.25, 0.3) is 11.4 Å². The molecule has 0 aliphatic rings. The minimum Gasteiger partial charge on any atom is -0.476 e. The monoisotopic (exact) mass is 281 g/mol. The van der Waals surface area contributed by atoms with Crippen molar-refractivity contribution in [2.24, 2.45) is 7.05 Å². The number of carboxylic acids is 1. The first-order chi connectivity index (χ1) is 9.15. The molecule has 1 N–H and O–H groups in total. The van der Waals surface area contributed by atoms with Gasteiger partial charge in [-0.25, -0.2) is 14.5 Å². The Labute approximate surface area is 114 Å². The van der Waals surface area contributed by atoms with Crippen LogP contribution in [0.4, 0.5) is 0 Å². The predicted octanol–water partition coefficient (Wildman–Crippen LogP) is 1.13. The number of imidazole rings is 1. The summed E-state index contributed by atoms with van der Waals surface area (Å²) in [7, 11) is 1.81. The number of hydrogen-bond donors (Lipinski definition) is 1. The zero-order valence-corrected chi connectivity index (χ0v) is 11.6. The Morgan fingerprint density at radius 3 is 2.89 bits per heavy atom. The maximum absolute atomic E-state index is 11.2. The number of nitrogens with zero attached hydrogens (tertiary/aromatic N) is 5. The molecule has 2 aromatic heterocycles. The van der Waals surface area contributed by atoms with Crippen LogP contribution in [0.2, 0.25) is 0 Å². The zero-order chi connectivity index (χ0) is 13.8. The van der Waals surface area contributed by atoms with E-state index in [0.717, 1.165) is 12.2 Å². The van der Waals surface area contributed by atoms with E-state index in [9.17, 15) is 9.90 Å². The molecule has 0 saturated carbocycles. The minimum atomic E-state index is -1.08. The van der Waals surface area contributed by atoms with E-state index >= 15 is 0 Å². The van der Waals surface area contributed by atoms with Crippen LogP contribution in [0.15, 0.2) is 12.5 Å². The highest BCUT2D eigenvalue weighted by molar-refractivity contribution is 7.98. The number of thioether (sulfide) groups is 1. The van der Waals surface area contributed by atoms with E-state index in [2.05, 4.69) is 15.3 Å². The molecular weight excluding hydrogens is 266 g/mol. The van der Waals surface area contributed by atoms with Crippen molar-refractivity contribution >= 4 is 17.7 Å². The first-order valence-electron chi connectivity index (χ1n) is 5.77. The van der Waals surface area contributed by atoms with Crippen molar-refractivity contribution < 1.29 is 9.90 Å². The van der Waals surface area contributed by atoms with E-state index < -0.39 is 5.97 Å². The summed E-state index contributed by atoms with van der Waals surface area (Å²) in [6.45, 7) is 0.641. The lowest BCUT2D eigenvalue weighted by Crippen LogP contribution is -2.07. The molecule has 102 valence electrons. The number of aromatic nitrogens is 5. The van der Waals surface area contributed by atoms with Crippen molar-refractivity contribution in [2.45, 2.75) is 13.0 Å². The first-order valence-corrected chi connectivity index (χ1v) is 7.17. The number of hydrogen-bond acceptors (Lipinski definition) is 5. The molecule has 0 spiro atoms. The van der Waals surface area contributed by atoms with Crippen LogP contribution in [-0.2, 0) is 13.6 Å². The van der Waals surface area contributed by atoms with Gasteiger partial charge in [0.05, 0.1) is 18.2 Å². The fraction of sp³-hybridized carbons (Fsp3) is 0.455. The van der Waals surface area contributed by atoms with Gasteiger partial charge in [0.25, 0.3) is 0 Å². The minimum absolute atomic E-state index is 0.0345. The van der Waals surface area contributed by atoms with Gasteiger partial charge in [-0.05, 0) is 18.4 Å². The van der Waals surface area contributed by atoms with Gasteiger partial charge in [-0.3, -0.25) is 0 Å². The molecule has 7 nitrogen and oxygen atoms in total. The molecule has 0 unspecified atom stereocenters. The second-order valence-corrected chi connectivity index (χ2v) is 5.04. The van der Waals surface area contributed by atoms with Crippen LogP contribution in [0.5, 0.6) is 0 Å². The van der Waals surface area contributed by atoms with Gasteiger partial charge in [0.15, 0.2) is 5.69 Å². The molecule has 19 heavy (non-hydrogen) atoms. The SMILES string of the molecule is CSCCCn1nnc(C(=O)O)c1-c1cncn1C. The lowest BCUT2D eigenvalue weighted by molar-refractivity contribution is 0.0691. The summed E-state index contributed by atoms with van der Waals surface area (Å²) in [6, 6.07) is 0. The first kappa shape index (κ1) is 13.6. The van der Waals surface area contributed by atoms with Crippen molar-refractivity contribution in [1.29, 1.82) is 0 Å². The number of aryl methyl sites for hydroxylation is 2. The highest BCUT2D eigenvalue weighted by Crippen LogP contribution is 2.21. The highest BCUT2D eigenvalue weighted by atomic mass is 32.2. The van der Waals surface area contributed by atoms with Crippen molar-refractivity contribution in [1.82, 2.24) is 24.5 Å². The van der Waals surface area contributed by atoms with E-state index in [0.29, 0.717) is 17.9 Å². The molecule has 0 radical (unpaired) electrons. The van der Waals surface area contributed by atoms with Crippen molar-refractivity contribution in [3.05, 3.63) is 18.2 Å². The zero-order valence-electron chi connectivity index (χ0n) is 10.8. The van der Waals surface area contributed by atoms with Gasteiger partial charge in [0.1, 0.15) is 5.69 Å². The smallest absolute Gasteiger partial charge is 0.358 e. The van der Waals surface area contributed by atoms with Gasteiger partial charge >= 0.3 is 5.97 Å². The molecule has 0 aliphatic heterocycles. The largest absolute Gasteiger partial charge is 0.476 e. The van der Waals surface area contributed by atoms with E-state index in [1.807, 2.05) is 13.3 Å². The molecule has 0 bridgehead atoms. The molecule has 0 fully saturated rings. The molecule has 2 aromatic rings. The van der Waals surface area contributed by atoms with E-state index in [-0.39, 0.29) is 5.69 Å². The summed E-state index contributed by atoms with van der Waals surface area (Å²) in [5.74, 6) is -0.0834. The Hall–Kier alpha value is -1.83. The standard InChI is InChI=1S/C11H15N5O2S/c1-15-7-12-6-8(15)10-9(11(17)18)13-14-16(10)4-3-5-19-2/h6-7H,3-5H2,1-2H3,(H,17,18). The second-order valence-electron chi connectivity index (χ2n) is 4.05. The van der Waals surface area contributed by atoms with Gasteiger partial charge in [-0.1, -0.05) is 5.21 Å². The summed E-state index contributed by atoms with van der Waals surface area (Å²) in [5, 5.41) is 16.9. The Bertz CT molecular complexity index is 577. The summed E-state index contributed by atoms with van der Waals surface area (Å²) < 4.78 is 3.40. The molecule has 2 rings (SSSR count). The topological polar surface area (TPSA) is 85.8 Å². The average molecular weight is 281 g/mol. The van der Waals surface area contributed by atoms with Gasteiger partial charge in [0, 0.05) is 13.6 Å². The molecule has 0 aliphatic carbocycles. The summed E-state index contributed by atoms with van der Waals surface area (Å²) in [4.78, 5) is 15.2. The lowest BCUT2D eigenvalue weighted by Gasteiger charge is -2.07. The van der Waals surface area contributed by atoms with Gasteiger partial charge in [-0.15, -0.1) is 5.10 Å². The molecular formula is C11H15N5O2S. The molecule has 0 aromatic carbocycles. The number of carbonyl (C=O) groups is 1. The summed E-state index contributed by atoms with van der Waals surface area (Å²) >= 11 is 1.75. The van der Waals surface area contributed by atoms with E-state index in [4.69, 9.17) is 0 Å². The van der Waals surface area contributed by atoms with Crippen LogP contribution in [-0.4, -0.2) is 47.6 Å². The second kappa shape index (κ2) is 5.87. The third kappa shape index (κ3) is 2.78. The van der Waals surface area contributed by atoms with Crippen molar-refractivity contribution in [3.8, 4) is 11.4 Å². The normalized spacial score (nSPS) is 10.8. The highest BCUT2D eigenvalue weighted by Gasteiger charge is 2.22. The Kier molecular flexibility index (Phi) is 4.20. The van der Waals surface area contributed by atoms with E-state index in [1.54, 1.807) is 33.5 Å². The Morgan fingerprint density at radius 2 is 2.32 bits per heavy atom. The number of carboxylic acid groups (broad SMARTS) is 1. The van der Waals surface area contributed by atoms with Crippen LogP contribution >= 0.6 is 11.8 Å². The maximum atomic E-state index is 11.2. The average Bonchev–Trinajstić information content (AvgIpc) is 2.95. The van der Waals surface area contributed by atoms with Crippen LogP contribution in [0.3, 0.4) is 0 Å². The third-order valence-corrected chi connectivity index (χ3v) is 3.41. The number of aromatic carboxylic acids is 1. The van der Waals surface area contributed by atoms with Crippen molar-refractivity contribution in [2.75, 3.05) is 12.0 Å². The lowest BCUT2D eigenvalue weighted by atomic mass is 10.2. The summed E-state index contributed by atoms with van der Waals surface area (Å²) in [6.07, 6.45) is 6.19.